The van der Waals surface area contributed by atoms with E-state index >= 15 is 14.4 Å². The summed E-state index contributed by atoms with van der Waals surface area (Å²) in [7, 11) is 0. The number of phenolic OH excluding ortho intramolecular Hbond substituents is 4. The lowest BCUT2D eigenvalue weighted by atomic mass is 9.96. The number of hydrogen-bond acceptors (Lipinski definition) is 24. The van der Waals surface area contributed by atoms with Gasteiger partial charge in [-0.25, -0.2) is 9.97 Å². The molecule has 0 bridgehead atoms. The van der Waals surface area contributed by atoms with Crippen molar-refractivity contribution < 1.29 is 107 Å². The lowest BCUT2D eigenvalue weighted by Crippen LogP contribution is -2.61. The van der Waals surface area contributed by atoms with Crippen LogP contribution in [-0.4, -0.2) is 250 Å². The number of carboxylic acid groups (broad SMARTS) is 1. The summed E-state index contributed by atoms with van der Waals surface area (Å²) in [6, 6.07) is 3.06. The van der Waals surface area contributed by atoms with Crippen molar-refractivity contribution in [2.24, 2.45) is 23.5 Å². The van der Waals surface area contributed by atoms with Crippen molar-refractivity contribution >= 4 is 112 Å². The topological polar surface area (TPSA) is 655 Å². The van der Waals surface area contributed by atoms with E-state index in [9.17, 15) is 92.7 Å². The fraction of sp³-hybridized carbons (Fsp3) is 0.447. The van der Waals surface area contributed by atoms with Crippen molar-refractivity contribution in [3.63, 3.8) is 0 Å². The number of primary amides is 1. The van der Waals surface area contributed by atoms with E-state index in [0.717, 1.165) is 11.8 Å². The molecule has 24 N–H and O–H groups in total. The summed E-state index contributed by atoms with van der Waals surface area (Å²) in [4.78, 5) is 256. The van der Waals surface area contributed by atoms with Gasteiger partial charge in [-0.3, -0.25) is 81.5 Å². The van der Waals surface area contributed by atoms with Crippen LogP contribution in [0.5, 0.6) is 23.0 Å². The summed E-state index contributed by atoms with van der Waals surface area (Å²) in [5, 5.41) is 89.1. The number of aromatic amines is 2. The highest BCUT2D eigenvalue weighted by Crippen LogP contribution is 2.20. The summed E-state index contributed by atoms with van der Waals surface area (Å²) >= 11 is 0.733. The minimum atomic E-state index is -1.71. The Kier molecular flexibility index (Phi) is 39.5. The van der Waals surface area contributed by atoms with E-state index in [-0.39, 0.29) is 97.6 Å². The first-order valence-electron chi connectivity index (χ1n) is 41.4. The number of imidazole rings is 2. The van der Waals surface area contributed by atoms with Crippen LogP contribution in [0.2, 0.25) is 0 Å². The molecular weight excluding hydrogens is 1690 g/mol. The number of amides is 16. The van der Waals surface area contributed by atoms with Crippen molar-refractivity contribution in [2.75, 3.05) is 31.1 Å². The Labute approximate surface area is 740 Å². The lowest BCUT2D eigenvalue weighted by molar-refractivity contribution is -0.138. The number of phenols is 4. The molecule has 2 aromatic heterocycles. The molecule has 6 aromatic rings. The number of aromatic hydroxyl groups is 4. The van der Waals surface area contributed by atoms with Gasteiger partial charge in [-0.2, -0.15) is 0 Å². The Hall–Kier alpha value is -14.2. The van der Waals surface area contributed by atoms with Crippen LogP contribution in [0.15, 0.2) is 122 Å². The number of hydrogen-bond donors (Lipinski definition) is 23. The Morgan fingerprint density at radius 1 is 0.430 bits per heavy atom. The van der Waals surface area contributed by atoms with E-state index in [0.29, 0.717) is 22.3 Å². The highest BCUT2D eigenvalue weighted by atomic mass is 32.2. The van der Waals surface area contributed by atoms with Gasteiger partial charge in [0.25, 0.3) is 0 Å². The first-order valence-corrected chi connectivity index (χ1v) is 42.5. The van der Waals surface area contributed by atoms with Gasteiger partial charge < -0.3 is 121 Å². The Bertz CT molecular complexity index is 4810. The number of nitrogens with one attached hydrogen (secondary N) is 17. The highest BCUT2D eigenvalue weighted by Gasteiger charge is 2.39. The molecule has 1 fully saturated rings. The Balaban J connectivity index is 1.28. The number of nitrogens with two attached hydrogens (primary N) is 1. The number of aromatic nitrogens is 4. The molecule has 4 aromatic carbocycles. The maximum atomic E-state index is 15.2. The minimum absolute atomic E-state index is 0.0738. The van der Waals surface area contributed by atoms with Gasteiger partial charge in [-0.05, 0) is 115 Å². The monoisotopic (exact) mass is 1800 g/mol. The predicted octanol–water partition coefficient (Wildman–Crippen LogP) is -2.87. The van der Waals surface area contributed by atoms with Gasteiger partial charge in [-0.1, -0.05) is 96.5 Å². The number of carbonyl (C=O) groups is 17. The molecule has 0 saturated carbocycles. The van der Waals surface area contributed by atoms with E-state index in [4.69, 9.17) is 5.73 Å². The summed E-state index contributed by atoms with van der Waals surface area (Å²) in [6.07, 6.45) is 2.07. The van der Waals surface area contributed by atoms with Crippen molar-refractivity contribution in [1.29, 1.82) is 0 Å². The molecule has 7 rings (SSSR count). The molecule has 0 spiro atoms. The van der Waals surface area contributed by atoms with Crippen LogP contribution in [0.25, 0.3) is 0 Å². The van der Waals surface area contributed by atoms with Crippen LogP contribution < -0.4 is 85.5 Å². The van der Waals surface area contributed by atoms with Gasteiger partial charge in [0, 0.05) is 63.1 Å². The van der Waals surface area contributed by atoms with Gasteiger partial charge >= 0.3 is 5.97 Å². The summed E-state index contributed by atoms with van der Waals surface area (Å²) in [5.74, 6) is -20.3. The number of carbonyl (C=O) groups excluding carboxylic acids is 16. The van der Waals surface area contributed by atoms with Crippen LogP contribution in [0.4, 0.5) is 0 Å². The summed E-state index contributed by atoms with van der Waals surface area (Å²) < 4.78 is 0. The van der Waals surface area contributed by atoms with Crippen molar-refractivity contribution in [3.05, 3.63) is 156 Å². The van der Waals surface area contributed by atoms with Gasteiger partial charge in [0.1, 0.15) is 95.5 Å². The molecule has 1 saturated heterocycles. The predicted molar refractivity (Wildman–Crippen MR) is 461 cm³/mol. The number of carboxylic acids is 1. The summed E-state index contributed by atoms with van der Waals surface area (Å²) in [6.45, 7) is 8.91. The molecule has 16 amide bonds. The zero-order valence-corrected chi connectivity index (χ0v) is 72.4. The molecule has 128 heavy (non-hydrogen) atoms. The van der Waals surface area contributed by atoms with Gasteiger partial charge in [0.05, 0.1) is 49.4 Å². The second-order valence-electron chi connectivity index (χ2n) is 31.7. The zero-order valence-electron chi connectivity index (χ0n) is 71.6. The van der Waals surface area contributed by atoms with E-state index in [1.54, 1.807) is 41.5 Å². The smallest absolute Gasteiger partial charge is 0.303 e. The highest BCUT2D eigenvalue weighted by molar-refractivity contribution is 8.00. The largest absolute Gasteiger partial charge is 0.508 e. The number of thioether (sulfide) groups is 1. The molecule has 1 aliphatic rings. The van der Waals surface area contributed by atoms with Crippen LogP contribution in [0, 0.1) is 17.8 Å². The number of rotatable bonds is 24. The minimum Gasteiger partial charge on any atom is -0.508 e. The SMILES string of the molecule is CC[C@H](C)[C@@H]1NC(=O)[C@H](C)NC(=O)[C@H](Cc2ccc(O)cc2)NC(=O)[C@H](Cc2ccc(O)cc2)NC(=O)[C@H](Cc2c[nH]cn2)NC(=O)[C@H](Cc2c[nH]cn2)NC(=O)[C@H](Cc2ccc(O)cc2)NC(=O)CSC[C@@H](C(=O)NCC(N)=O)NC(=O)CNC(=O)[C@H](CC(C)C)NC(=O)[C@H](CCC(=O)O)NC(=O)CNC(=O)[C@H](Cc2ccc(O)cc2)NC(=O)[C@H](CC(C)C)NC1=O. The standard InChI is InChI=1S/C85H112N20O22S/c1-8-46(6)73-85(127)104-60(28-45(4)5)80(122)99-61(29-48-9-17-54(106)18-10-48)76(118)91-38-69(111)95-58(25-26-72(114)115)78(120)98-59(27-44(2)3)75(117)90-39-70(112)97-67(77(119)89-37-68(86)110)40-128-41-71(113)96-62(30-49-11-19-55(107)20-12-49)81(123)102-66(34-53-36-88-43-93-53)84(126)103-65(33-52-35-87-42-92-52)83(125)101-64(32-51-15-23-57(109)24-16-51)82(124)100-63(31-50-13-21-56(108)22-14-50)79(121)94-47(7)74(116)105-73/h9-24,35-36,42-47,58-67,73,106-109H,8,25-34,37-41H2,1-7H3,(H2,86,110)(H,87,92)(H,88,93)(H,89,119)(H,90,117)(H,91,118)(H,94,121)(H,95,111)(H,96,113)(H,97,112)(H,98,120)(H,99,122)(H,100,124)(H,101,125)(H,102,123)(H,103,126)(H,104,127)(H,105,116)(H,114,115)/t46-,47-,58-,59-,60-,61-,62-,63-,64-,65-,66-,67-,73-/m0/s1. The normalized spacial score (nSPS) is 22.6. The average Bonchev–Trinajstić information content (AvgIpc) is 1.13. The molecule has 13 atom stereocenters. The van der Waals surface area contributed by atoms with Crippen molar-refractivity contribution in [1.82, 2.24) is 99.7 Å². The van der Waals surface area contributed by atoms with Gasteiger partial charge in [0.15, 0.2) is 0 Å². The fourth-order valence-corrected chi connectivity index (χ4v) is 14.1. The first kappa shape index (κ1) is 101. The second-order valence-corrected chi connectivity index (χ2v) is 32.8. The maximum absolute atomic E-state index is 15.2. The van der Waals surface area contributed by atoms with Gasteiger partial charge in [0.2, 0.25) is 94.5 Å². The lowest BCUT2D eigenvalue weighted by Gasteiger charge is -2.29. The quantitative estimate of drug-likeness (QED) is 0.0290. The van der Waals surface area contributed by atoms with Crippen molar-refractivity contribution in [2.45, 2.75) is 192 Å². The third-order valence-electron chi connectivity index (χ3n) is 20.2. The average molecular weight is 1800 g/mol. The molecule has 42 nitrogen and oxygen atoms in total. The van der Waals surface area contributed by atoms with Gasteiger partial charge in [-0.15, -0.1) is 11.8 Å². The van der Waals surface area contributed by atoms with E-state index in [1.165, 1.54) is 129 Å². The van der Waals surface area contributed by atoms with Crippen LogP contribution in [0.3, 0.4) is 0 Å². The molecule has 690 valence electrons. The summed E-state index contributed by atoms with van der Waals surface area (Å²) in [5.41, 5.74) is 7.16. The third-order valence-corrected chi connectivity index (χ3v) is 21.3. The molecule has 0 radical (unpaired) electrons. The van der Waals surface area contributed by atoms with Crippen molar-refractivity contribution in [3.8, 4) is 23.0 Å². The third kappa shape index (κ3) is 34.4. The van der Waals surface area contributed by atoms with Crippen LogP contribution in [-0.2, 0) is 120 Å². The number of aliphatic carboxylic acids is 1. The van der Waals surface area contributed by atoms with Crippen LogP contribution >= 0.6 is 11.8 Å². The van der Waals surface area contributed by atoms with Crippen LogP contribution in [0.1, 0.15) is 114 Å². The fourth-order valence-electron chi connectivity index (χ4n) is 13.2. The molecule has 0 unspecified atom stereocenters. The molecule has 1 aliphatic heterocycles. The second kappa shape index (κ2) is 50.1. The first-order chi connectivity index (χ1) is 60.8. The number of H-pyrrole nitrogens is 2. The number of nitrogens with zero attached hydrogens (tertiary/aromatic N) is 2. The molecule has 43 heteroatoms. The Morgan fingerprint density at radius 2 is 0.773 bits per heavy atom. The molecule has 0 aliphatic carbocycles. The van der Waals surface area contributed by atoms with E-state index < -0.39 is 229 Å². The zero-order chi connectivity index (χ0) is 93.8. The molecule has 3 heterocycles. The maximum Gasteiger partial charge on any atom is 0.303 e. The van der Waals surface area contributed by atoms with E-state index in [1.807, 2.05) is 0 Å². The van der Waals surface area contributed by atoms with E-state index in [2.05, 4.69) is 99.7 Å². The molecular formula is C85H112N20O22S. The number of benzene rings is 4. The Morgan fingerprint density at radius 3 is 1.16 bits per heavy atom.